The Morgan fingerprint density at radius 1 is 0.314 bits per heavy atom. The fourth-order valence-corrected chi connectivity index (χ4v) is 9.42. The first-order valence-electron chi connectivity index (χ1n) is 17.4. The second kappa shape index (κ2) is 11.0. The first-order chi connectivity index (χ1) is 25.3. The van der Waals surface area contributed by atoms with E-state index in [0.29, 0.717) is 0 Å². The Morgan fingerprint density at radius 3 is 1.43 bits per heavy atom. The van der Waals surface area contributed by atoms with Crippen molar-refractivity contribution >= 4 is 75.1 Å². The maximum atomic E-state index is 2.43. The Bertz CT molecular complexity index is 3130. The molecule has 11 rings (SSSR count). The lowest BCUT2D eigenvalue weighted by atomic mass is 9.93. The summed E-state index contributed by atoms with van der Waals surface area (Å²) in [7, 11) is 0. The van der Waals surface area contributed by atoms with Gasteiger partial charge in [-0.2, -0.15) is 0 Å². The number of hydrogen-bond acceptors (Lipinski definition) is 1. The van der Waals surface area contributed by atoms with Gasteiger partial charge < -0.3 is 9.13 Å². The van der Waals surface area contributed by atoms with E-state index in [2.05, 4.69) is 191 Å². The number of nitrogens with zero attached hydrogens (tertiary/aromatic N) is 2. The molecule has 0 aliphatic rings. The van der Waals surface area contributed by atoms with Crippen LogP contribution in [-0.4, -0.2) is 9.13 Å². The minimum atomic E-state index is 1.17. The number of hydrogen-bond donors (Lipinski definition) is 0. The van der Waals surface area contributed by atoms with Gasteiger partial charge in [0.15, 0.2) is 0 Å². The summed E-state index contributed by atoms with van der Waals surface area (Å²) in [6, 6.07) is 66.7. The van der Waals surface area contributed by atoms with Crippen molar-refractivity contribution in [3.8, 4) is 33.6 Å². The Kier molecular flexibility index (Phi) is 6.16. The molecule has 0 atom stereocenters. The molecule has 11 aromatic rings. The molecule has 0 fully saturated rings. The van der Waals surface area contributed by atoms with Gasteiger partial charge in [-0.25, -0.2) is 0 Å². The Hall–Kier alpha value is -6.42. The van der Waals surface area contributed by atoms with Gasteiger partial charge in [-0.15, -0.1) is 11.3 Å². The monoisotopic (exact) mass is 666 g/mol. The van der Waals surface area contributed by atoms with Crippen LogP contribution in [-0.2, 0) is 0 Å². The van der Waals surface area contributed by atoms with Gasteiger partial charge in [-0.3, -0.25) is 0 Å². The lowest BCUT2D eigenvalue weighted by Gasteiger charge is -2.12. The van der Waals surface area contributed by atoms with Crippen LogP contribution in [0.4, 0.5) is 0 Å². The average molecular weight is 667 g/mol. The maximum Gasteiger partial charge on any atom is 0.0541 e. The smallest absolute Gasteiger partial charge is 0.0541 e. The summed E-state index contributed by atoms with van der Waals surface area (Å²) < 4.78 is 7.40. The molecule has 0 saturated heterocycles. The molecule has 0 aliphatic carbocycles. The Labute approximate surface area is 298 Å². The highest BCUT2D eigenvalue weighted by atomic mass is 32.1. The van der Waals surface area contributed by atoms with E-state index in [1.165, 1.54) is 97.4 Å². The molecule has 0 N–H and O–H groups in total. The van der Waals surface area contributed by atoms with Gasteiger partial charge in [0.2, 0.25) is 0 Å². The standard InChI is InChI=1S/C48H30N2S/c1-3-13-34(14-4-1)49-42-20-10-7-17-36(42)40-27-31(23-25-44(40)49)33-29-39(48-38-19-9-12-22-46(38)51-47(48)30-33)32-24-26-45-41(28-32)37-18-8-11-21-43(37)50(45)35-15-5-2-6-16-35/h1-30H. The summed E-state index contributed by atoms with van der Waals surface area (Å²) >= 11 is 1.89. The Morgan fingerprint density at radius 2 is 0.804 bits per heavy atom. The largest absolute Gasteiger partial charge is 0.309 e. The molecule has 2 nitrogen and oxygen atoms in total. The van der Waals surface area contributed by atoms with Gasteiger partial charge in [-0.1, -0.05) is 103 Å². The first-order valence-corrected chi connectivity index (χ1v) is 18.3. The highest BCUT2D eigenvalue weighted by Crippen LogP contribution is 2.45. The number of aromatic nitrogens is 2. The summed E-state index contributed by atoms with van der Waals surface area (Å²) in [6.45, 7) is 0. The zero-order chi connectivity index (χ0) is 33.5. The summed E-state index contributed by atoms with van der Waals surface area (Å²) in [4.78, 5) is 0. The van der Waals surface area contributed by atoms with Gasteiger partial charge in [0.05, 0.1) is 22.1 Å². The van der Waals surface area contributed by atoms with Crippen LogP contribution in [0.2, 0.25) is 0 Å². The zero-order valence-electron chi connectivity index (χ0n) is 27.6. The van der Waals surface area contributed by atoms with E-state index in [9.17, 15) is 0 Å². The van der Waals surface area contributed by atoms with Gasteiger partial charge in [0.1, 0.15) is 0 Å². The third-order valence-electron chi connectivity index (χ3n) is 10.5. The minimum Gasteiger partial charge on any atom is -0.309 e. The predicted octanol–water partition coefficient (Wildman–Crippen LogP) is 13.6. The second-order valence-corrected chi connectivity index (χ2v) is 14.4. The number of thiophene rings is 1. The third kappa shape index (κ3) is 4.29. The molecule has 0 unspecified atom stereocenters. The normalized spacial score (nSPS) is 11.9. The Balaban J connectivity index is 1.17. The van der Waals surface area contributed by atoms with E-state index in [1.807, 2.05) is 11.3 Å². The van der Waals surface area contributed by atoms with Crippen molar-refractivity contribution in [2.45, 2.75) is 0 Å². The van der Waals surface area contributed by atoms with Crippen LogP contribution in [0, 0.1) is 0 Å². The van der Waals surface area contributed by atoms with Crippen LogP contribution in [0.25, 0.3) is 97.4 Å². The molecule has 0 amide bonds. The average Bonchev–Trinajstić information content (AvgIpc) is 3.85. The summed E-state index contributed by atoms with van der Waals surface area (Å²) in [5.74, 6) is 0. The zero-order valence-corrected chi connectivity index (χ0v) is 28.4. The van der Waals surface area contributed by atoms with Crippen LogP contribution >= 0.6 is 11.3 Å². The van der Waals surface area contributed by atoms with Crippen LogP contribution in [0.1, 0.15) is 0 Å². The minimum absolute atomic E-state index is 1.17. The van der Waals surface area contributed by atoms with Crippen molar-refractivity contribution in [1.82, 2.24) is 9.13 Å². The van der Waals surface area contributed by atoms with Crippen LogP contribution < -0.4 is 0 Å². The summed E-state index contributed by atoms with van der Waals surface area (Å²) in [5, 5.41) is 7.70. The molecule has 238 valence electrons. The molecule has 8 aromatic carbocycles. The molecular formula is C48H30N2S. The van der Waals surface area contributed by atoms with E-state index in [0.717, 1.165) is 0 Å². The quantitative estimate of drug-likeness (QED) is 0.177. The third-order valence-corrected chi connectivity index (χ3v) is 11.6. The molecule has 0 spiro atoms. The molecule has 0 saturated carbocycles. The van der Waals surface area contributed by atoms with E-state index in [1.54, 1.807) is 0 Å². The SMILES string of the molecule is c1ccc(-n2c3ccccc3c3cc(-c4cc(-c5ccc6c(c5)c5ccccc5n6-c5ccccc5)c5c(c4)sc4ccccc45)ccc32)cc1. The number of benzene rings is 8. The topological polar surface area (TPSA) is 9.86 Å². The van der Waals surface area contributed by atoms with Crippen LogP contribution in [0.5, 0.6) is 0 Å². The molecule has 0 radical (unpaired) electrons. The van der Waals surface area contributed by atoms with Gasteiger partial charge in [-0.05, 0) is 101 Å². The number of rotatable bonds is 4. The highest BCUT2D eigenvalue weighted by Gasteiger charge is 2.18. The highest BCUT2D eigenvalue weighted by molar-refractivity contribution is 7.26. The van der Waals surface area contributed by atoms with E-state index in [-0.39, 0.29) is 0 Å². The van der Waals surface area contributed by atoms with Crippen molar-refractivity contribution in [1.29, 1.82) is 0 Å². The number of fused-ring (bicyclic) bond motifs is 9. The lowest BCUT2D eigenvalue weighted by molar-refractivity contribution is 1.18. The fraction of sp³-hybridized carbons (Fsp3) is 0. The van der Waals surface area contributed by atoms with Crippen LogP contribution in [0.15, 0.2) is 182 Å². The predicted molar refractivity (Wildman–Crippen MR) is 219 cm³/mol. The van der Waals surface area contributed by atoms with Gasteiger partial charge in [0, 0.05) is 53.1 Å². The van der Waals surface area contributed by atoms with Gasteiger partial charge >= 0.3 is 0 Å². The molecule has 3 heterocycles. The molecule has 3 aromatic heterocycles. The fourth-order valence-electron chi connectivity index (χ4n) is 8.25. The van der Waals surface area contributed by atoms with Crippen LogP contribution in [0.3, 0.4) is 0 Å². The molecule has 3 heteroatoms. The molecule has 0 aliphatic heterocycles. The van der Waals surface area contributed by atoms with Crippen molar-refractivity contribution in [3.63, 3.8) is 0 Å². The van der Waals surface area contributed by atoms with E-state index < -0.39 is 0 Å². The molecule has 51 heavy (non-hydrogen) atoms. The van der Waals surface area contributed by atoms with Crippen molar-refractivity contribution in [2.75, 3.05) is 0 Å². The number of para-hydroxylation sites is 4. The van der Waals surface area contributed by atoms with E-state index >= 15 is 0 Å². The van der Waals surface area contributed by atoms with Crippen molar-refractivity contribution < 1.29 is 0 Å². The first kappa shape index (κ1) is 28.4. The van der Waals surface area contributed by atoms with Crippen molar-refractivity contribution in [2.24, 2.45) is 0 Å². The van der Waals surface area contributed by atoms with Gasteiger partial charge in [0.25, 0.3) is 0 Å². The van der Waals surface area contributed by atoms with E-state index in [4.69, 9.17) is 0 Å². The van der Waals surface area contributed by atoms with Crippen molar-refractivity contribution in [3.05, 3.63) is 182 Å². The molecule has 0 bridgehead atoms. The molecular weight excluding hydrogens is 637 g/mol. The lowest BCUT2D eigenvalue weighted by Crippen LogP contribution is -1.93. The maximum absolute atomic E-state index is 2.43. The summed E-state index contributed by atoms with van der Waals surface area (Å²) in [6.07, 6.45) is 0. The summed E-state index contributed by atoms with van der Waals surface area (Å²) in [5.41, 5.74) is 12.2. The second-order valence-electron chi connectivity index (χ2n) is 13.3.